The Hall–Kier alpha value is -4.22. The predicted octanol–water partition coefficient (Wildman–Crippen LogP) is 16.8. The number of rotatable bonds is 42. The molecule has 484 valence electrons. The third-order valence-corrected chi connectivity index (χ3v) is 22.5. The van der Waals surface area contributed by atoms with Crippen molar-refractivity contribution in [3.8, 4) is 0 Å². The number of carbonyl (C=O) groups excluding carboxylic acids is 6. The normalized spacial score (nSPS) is 30.4. The molecule has 0 aliphatic heterocycles. The summed E-state index contributed by atoms with van der Waals surface area (Å²) in [6, 6.07) is 0. The number of esters is 6. The van der Waals surface area contributed by atoms with Crippen molar-refractivity contribution in [1.82, 2.24) is 0 Å². The standard InChI is InChI=1S/C74H116O12/c1-7-9-11-13-16-22-28-56-32-31-55(27-21-12-10-8-2)61(29-23-17-14-19-25-37-81-69(75)33-35-71(77)83-47-53-39-63-57-43-59(49-85-73(79)51(3)4)65(45-57)67(63)41-53)62(56)30-24-18-15-20-26-38-82-70(76)34-36-72(78)84-48-54-40-64-58-44-60(50-86-74(80)52(5)6)66(46-58)68(64)42-54/h33-36,53-68H,3,5,7-32,37-50H2,1-2,4,6H3/b35-33+,36-34+/t53?,54?,55?,56?,57?,58?,59?,60?,61?,62?,63-,64?,65?,66?,67?,68?/m1/s1. The molecule has 0 radical (unpaired) electrons. The number of ether oxygens (including phenoxy) is 6. The fourth-order valence-corrected chi connectivity index (χ4v) is 18.3. The second-order valence-electron chi connectivity index (χ2n) is 28.6. The van der Waals surface area contributed by atoms with E-state index in [2.05, 4.69) is 27.0 Å². The maximum absolute atomic E-state index is 12.6. The molecule has 0 spiro atoms. The maximum Gasteiger partial charge on any atom is 0.333 e. The van der Waals surface area contributed by atoms with E-state index < -0.39 is 23.9 Å². The zero-order chi connectivity index (χ0) is 61.2. The minimum Gasteiger partial charge on any atom is -0.463 e. The molecule has 16 atom stereocenters. The Morgan fingerprint density at radius 2 is 0.686 bits per heavy atom. The summed E-state index contributed by atoms with van der Waals surface area (Å²) in [6.45, 7) is 17.8. The van der Waals surface area contributed by atoms with E-state index in [0.29, 0.717) is 122 Å². The summed E-state index contributed by atoms with van der Waals surface area (Å²) in [6.07, 6.45) is 46.2. The molecule has 4 bridgehead atoms. The van der Waals surface area contributed by atoms with Gasteiger partial charge in [-0.2, -0.15) is 0 Å². The van der Waals surface area contributed by atoms with Gasteiger partial charge in [-0.05, 0) is 198 Å². The van der Waals surface area contributed by atoms with Crippen LogP contribution in [0.25, 0.3) is 0 Å². The highest BCUT2D eigenvalue weighted by atomic mass is 16.6. The second kappa shape index (κ2) is 37.1. The van der Waals surface area contributed by atoms with Gasteiger partial charge in [0.25, 0.3) is 0 Å². The molecule has 7 aliphatic rings. The van der Waals surface area contributed by atoms with Gasteiger partial charge >= 0.3 is 35.8 Å². The molecule has 0 aromatic heterocycles. The van der Waals surface area contributed by atoms with Crippen molar-refractivity contribution >= 4 is 35.8 Å². The molecule has 0 heterocycles. The molecule has 0 amide bonds. The lowest BCUT2D eigenvalue weighted by molar-refractivity contribution is -0.142. The molecular formula is C74H116O12. The van der Waals surface area contributed by atoms with E-state index in [4.69, 9.17) is 28.4 Å². The number of hydrogen-bond donors (Lipinski definition) is 0. The van der Waals surface area contributed by atoms with Crippen LogP contribution in [0.3, 0.4) is 0 Å². The molecule has 7 fully saturated rings. The summed E-state index contributed by atoms with van der Waals surface area (Å²) in [7, 11) is 0. The Morgan fingerprint density at radius 3 is 1.08 bits per heavy atom. The summed E-state index contributed by atoms with van der Waals surface area (Å²) in [4.78, 5) is 74.3. The molecule has 12 nitrogen and oxygen atoms in total. The van der Waals surface area contributed by atoms with Crippen LogP contribution in [0.2, 0.25) is 0 Å². The smallest absolute Gasteiger partial charge is 0.333 e. The van der Waals surface area contributed by atoms with Gasteiger partial charge in [0.2, 0.25) is 0 Å². The summed E-state index contributed by atoms with van der Waals surface area (Å²) in [5, 5.41) is 0. The highest BCUT2D eigenvalue weighted by Gasteiger charge is 2.57. The largest absolute Gasteiger partial charge is 0.463 e. The Labute approximate surface area is 519 Å². The summed E-state index contributed by atoms with van der Waals surface area (Å²) in [5.74, 6) is 7.20. The van der Waals surface area contributed by atoms with Crippen molar-refractivity contribution < 1.29 is 57.2 Å². The first kappa shape index (κ1) is 69.3. The van der Waals surface area contributed by atoms with Gasteiger partial charge in [-0.3, -0.25) is 0 Å². The second-order valence-corrected chi connectivity index (χ2v) is 28.6. The van der Waals surface area contributed by atoms with Crippen LogP contribution in [-0.4, -0.2) is 75.5 Å². The molecule has 0 aromatic carbocycles. The molecule has 7 aliphatic carbocycles. The molecular weight excluding hydrogens is 1080 g/mol. The van der Waals surface area contributed by atoms with Crippen molar-refractivity contribution in [1.29, 1.82) is 0 Å². The SMILES string of the molecule is C=C(C)C(=O)OCC1CC2CC1C1CC(COC(=O)/C=C/C(=O)OCCCCCCCC3C(CCCCCCCC)CCC(CCCCCC)C3CCCCCCCOC(=O)/C=C/C(=O)OCC3CC4C5CC(CC5COC(=O)C(=C)C)[C@H]4C3)CC21. The molecule has 0 saturated heterocycles. The third kappa shape index (κ3) is 21.8. The summed E-state index contributed by atoms with van der Waals surface area (Å²) in [5.41, 5.74) is 0.881. The molecule has 12 heteroatoms. The number of fused-ring (bicyclic) bond motifs is 10. The van der Waals surface area contributed by atoms with E-state index in [1.807, 2.05) is 0 Å². The van der Waals surface area contributed by atoms with Gasteiger partial charge in [-0.15, -0.1) is 0 Å². The van der Waals surface area contributed by atoms with Gasteiger partial charge in [0, 0.05) is 35.5 Å². The average Bonchev–Trinajstić information content (AvgIpc) is 1.82. The topological polar surface area (TPSA) is 158 Å². The summed E-state index contributed by atoms with van der Waals surface area (Å²) >= 11 is 0. The van der Waals surface area contributed by atoms with Crippen LogP contribution >= 0.6 is 0 Å². The Kier molecular flexibility index (Phi) is 29.8. The van der Waals surface area contributed by atoms with Crippen LogP contribution in [0.4, 0.5) is 0 Å². The molecule has 7 rings (SSSR count). The molecule has 0 N–H and O–H groups in total. The van der Waals surface area contributed by atoms with Crippen molar-refractivity contribution in [3.05, 3.63) is 48.6 Å². The minimum absolute atomic E-state index is 0.304. The maximum atomic E-state index is 12.6. The number of carbonyl (C=O) groups is 6. The van der Waals surface area contributed by atoms with Crippen molar-refractivity contribution in [3.63, 3.8) is 0 Å². The van der Waals surface area contributed by atoms with Gasteiger partial charge in [0.15, 0.2) is 0 Å². The number of unbranched alkanes of at least 4 members (excludes halogenated alkanes) is 16. The molecule has 86 heavy (non-hydrogen) atoms. The van der Waals surface area contributed by atoms with E-state index in [0.717, 1.165) is 101 Å². The van der Waals surface area contributed by atoms with Crippen LogP contribution in [0.15, 0.2) is 48.6 Å². The molecule has 0 aromatic rings. The number of hydrogen-bond acceptors (Lipinski definition) is 12. The fraction of sp³-hybridized carbons (Fsp3) is 0.811. The van der Waals surface area contributed by atoms with E-state index >= 15 is 0 Å². The fourth-order valence-electron chi connectivity index (χ4n) is 18.3. The van der Waals surface area contributed by atoms with E-state index in [9.17, 15) is 28.8 Å². The Balaban J connectivity index is 0.753. The highest BCUT2D eigenvalue weighted by Crippen LogP contribution is 2.63. The summed E-state index contributed by atoms with van der Waals surface area (Å²) < 4.78 is 33.3. The minimum atomic E-state index is -0.496. The lowest BCUT2D eigenvalue weighted by Crippen LogP contribution is -2.35. The highest BCUT2D eigenvalue weighted by molar-refractivity contribution is 5.92. The van der Waals surface area contributed by atoms with Crippen molar-refractivity contribution in [2.24, 2.45) is 94.7 Å². The van der Waals surface area contributed by atoms with Crippen molar-refractivity contribution in [2.45, 2.75) is 246 Å². The zero-order valence-corrected chi connectivity index (χ0v) is 54.1. The lowest BCUT2D eigenvalue weighted by atomic mass is 9.61. The third-order valence-electron chi connectivity index (χ3n) is 22.5. The first-order valence-corrected chi connectivity index (χ1v) is 35.4. The van der Waals surface area contributed by atoms with Gasteiger partial charge in [-0.1, -0.05) is 155 Å². The van der Waals surface area contributed by atoms with E-state index in [1.54, 1.807) is 13.8 Å². The van der Waals surface area contributed by atoms with Gasteiger partial charge in [0.1, 0.15) is 0 Å². The van der Waals surface area contributed by atoms with Crippen LogP contribution in [0, 0.1) is 94.7 Å². The van der Waals surface area contributed by atoms with Crippen LogP contribution in [-0.2, 0) is 57.2 Å². The quantitative estimate of drug-likeness (QED) is 0.0247. The van der Waals surface area contributed by atoms with Gasteiger partial charge in [0.05, 0.1) is 39.6 Å². The van der Waals surface area contributed by atoms with Crippen LogP contribution in [0.5, 0.6) is 0 Å². The van der Waals surface area contributed by atoms with Crippen LogP contribution in [0.1, 0.15) is 246 Å². The monoisotopic (exact) mass is 1200 g/mol. The van der Waals surface area contributed by atoms with Gasteiger partial charge < -0.3 is 28.4 Å². The Bertz CT molecular complexity index is 2210. The van der Waals surface area contributed by atoms with E-state index in [-0.39, 0.29) is 11.9 Å². The first-order chi connectivity index (χ1) is 41.7. The van der Waals surface area contributed by atoms with Crippen molar-refractivity contribution in [2.75, 3.05) is 39.6 Å². The van der Waals surface area contributed by atoms with E-state index in [1.165, 1.54) is 166 Å². The van der Waals surface area contributed by atoms with Crippen LogP contribution < -0.4 is 0 Å². The molecule has 15 unspecified atom stereocenters. The average molecular weight is 1200 g/mol. The lowest BCUT2D eigenvalue weighted by Gasteiger charge is -2.44. The van der Waals surface area contributed by atoms with Gasteiger partial charge in [-0.25, -0.2) is 28.8 Å². The molecule has 7 saturated carbocycles. The predicted molar refractivity (Wildman–Crippen MR) is 338 cm³/mol. The first-order valence-electron chi connectivity index (χ1n) is 35.4. The Morgan fingerprint density at radius 1 is 0.349 bits per heavy atom. The zero-order valence-electron chi connectivity index (χ0n) is 54.1.